The van der Waals surface area contributed by atoms with E-state index in [2.05, 4.69) is 21.4 Å². The molecule has 0 saturated heterocycles. The molecule has 30 heavy (non-hydrogen) atoms. The topological polar surface area (TPSA) is 84.9 Å². The standard InChI is InChI=1S/C22H31BrN2O5/c1-20(2,3)29-18(27)24-25(19(28)30-21(4,5)6)22(14-8-7-9-17(22)26)15-10-12-16(23)13-11-15/h10-13H,7-9,14H2,1-6H3,(H,24,27). The highest BCUT2D eigenvalue weighted by Gasteiger charge is 2.51. The van der Waals surface area contributed by atoms with Crippen LogP contribution in [0.1, 0.15) is 72.8 Å². The number of hydrogen-bond acceptors (Lipinski definition) is 5. The van der Waals surface area contributed by atoms with Gasteiger partial charge < -0.3 is 9.47 Å². The third-order valence-electron chi connectivity index (χ3n) is 4.54. The molecule has 1 aromatic rings. The van der Waals surface area contributed by atoms with Gasteiger partial charge in [-0.25, -0.2) is 15.0 Å². The Hall–Kier alpha value is -2.09. The Bertz CT molecular complexity index is 795. The summed E-state index contributed by atoms with van der Waals surface area (Å²) in [7, 11) is 0. The van der Waals surface area contributed by atoms with Gasteiger partial charge in [0.1, 0.15) is 11.2 Å². The van der Waals surface area contributed by atoms with Gasteiger partial charge in [-0.15, -0.1) is 0 Å². The second kappa shape index (κ2) is 8.96. The zero-order valence-corrected chi connectivity index (χ0v) is 20.1. The van der Waals surface area contributed by atoms with Crippen LogP contribution in [0.4, 0.5) is 9.59 Å². The first-order valence-corrected chi connectivity index (χ1v) is 10.9. The van der Waals surface area contributed by atoms with Crippen molar-refractivity contribution in [2.75, 3.05) is 0 Å². The summed E-state index contributed by atoms with van der Waals surface area (Å²) >= 11 is 3.40. The number of carbonyl (C=O) groups is 3. The fraction of sp³-hybridized carbons (Fsp3) is 0.591. The van der Waals surface area contributed by atoms with E-state index in [1.807, 2.05) is 0 Å². The Morgan fingerprint density at radius 3 is 2.07 bits per heavy atom. The Kier molecular flexibility index (Phi) is 7.22. The maximum absolute atomic E-state index is 13.3. The van der Waals surface area contributed by atoms with Crippen LogP contribution in [0.2, 0.25) is 0 Å². The number of amides is 2. The highest BCUT2D eigenvalue weighted by molar-refractivity contribution is 9.10. The van der Waals surface area contributed by atoms with Gasteiger partial charge in [-0.3, -0.25) is 4.79 Å². The van der Waals surface area contributed by atoms with Crippen molar-refractivity contribution in [1.29, 1.82) is 0 Å². The van der Waals surface area contributed by atoms with Crippen molar-refractivity contribution in [3.8, 4) is 0 Å². The van der Waals surface area contributed by atoms with E-state index in [9.17, 15) is 14.4 Å². The lowest BCUT2D eigenvalue weighted by Crippen LogP contribution is -2.63. The van der Waals surface area contributed by atoms with E-state index in [1.165, 1.54) is 0 Å². The summed E-state index contributed by atoms with van der Waals surface area (Å²) in [6.45, 7) is 10.4. The van der Waals surface area contributed by atoms with E-state index >= 15 is 0 Å². The quantitative estimate of drug-likeness (QED) is 0.565. The van der Waals surface area contributed by atoms with Crippen LogP contribution in [-0.4, -0.2) is 34.2 Å². The molecule has 1 fully saturated rings. The minimum Gasteiger partial charge on any atom is -0.443 e. The predicted octanol–water partition coefficient (Wildman–Crippen LogP) is 5.46. The maximum Gasteiger partial charge on any atom is 0.430 e. The number of ketones is 1. The Morgan fingerprint density at radius 1 is 1.00 bits per heavy atom. The molecule has 1 N–H and O–H groups in total. The molecule has 0 aromatic heterocycles. The van der Waals surface area contributed by atoms with Crippen LogP contribution in [-0.2, 0) is 19.8 Å². The summed E-state index contributed by atoms with van der Waals surface area (Å²) in [5.41, 5.74) is 0.158. The molecule has 2 rings (SSSR count). The third kappa shape index (κ3) is 5.97. The monoisotopic (exact) mass is 482 g/mol. The molecule has 0 bridgehead atoms. The average Bonchev–Trinajstić information content (AvgIpc) is 2.58. The summed E-state index contributed by atoms with van der Waals surface area (Å²) < 4.78 is 11.8. The Balaban J connectivity index is 2.56. The maximum atomic E-state index is 13.3. The largest absolute Gasteiger partial charge is 0.443 e. The summed E-state index contributed by atoms with van der Waals surface area (Å²) in [4.78, 5) is 39.2. The van der Waals surface area contributed by atoms with Crippen molar-refractivity contribution in [2.45, 2.75) is 84.0 Å². The van der Waals surface area contributed by atoms with E-state index in [-0.39, 0.29) is 5.78 Å². The smallest absolute Gasteiger partial charge is 0.430 e. The van der Waals surface area contributed by atoms with E-state index in [1.54, 1.807) is 65.8 Å². The number of benzene rings is 1. The number of hydrazine groups is 1. The number of rotatable bonds is 2. The summed E-state index contributed by atoms with van der Waals surface area (Å²) in [5.74, 6) is -0.155. The van der Waals surface area contributed by atoms with Crippen LogP contribution in [0.25, 0.3) is 0 Å². The SMILES string of the molecule is CC(C)(C)OC(=O)NN(C(=O)OC(C)(C)C)C1(c2ccc(Br)cc2)CCCCC1=O. The van der Waals surface area contributed by atoms with Gasteiger partial charge in [0.2, 0.25) is 0 Å². The van der Waals surface area contributed by atoms with Crippen molar-refractivity contribution in [3.05, 3.63) is 34.3 Å². The third-order valence-corrected chi connectivity index (χ3v) is 5.06. The molecule has 7 nitrogen and oxygen atoms in total. The Morgan fingerprint density at radius 2 is 1.57 bits per heavy atom. The second-order valence-corrected chi connectivity index (χ2v) is 10.3. The van der Waals surface area contributed by atoms with Gasteiger partial charge in [-0.1, -0.05) is 28.1 Å². The molecule has 1 aliphatic rings. The van der Waals surface area contributed by atoms with Crippen molar-refractivity contribution in [2.24, 2.45) is 0 Å². The first-order chi connectivity index (χ1) is 13.7. The van der Waals surface area contributed by atoms with Crippen LogP contribution in [0.3, 0.4) is 0 Å². The number of Topliss-reactive ketones (excluding diaryl/α,β-unsaturated/α-hetero) is 1. The van der Waals surface area contributed by atoms with Gasteiger partial charge in [-0.2, -0.15) is 5.01 Å². The number of halogens is 1. The van der Waals surface area contributed by atoms with Crippen LogP contribution in [0, 0.1) is 0 Å². The molecule has 0 spiro atoms. The van der Waals surface area contributed by atoms with Gasteiger partial charge in [0.15, 0.2) is 11.3 Å². The molecule has 166 valence electrons. The summed E-state index contributed by atoms with van der Waals surface area (Å²) in [6.07, 6.45) is 0.464. The molecule has 2 amide bonds. The molecular formula is C22H31BrN2O5. The van der Waals surface area contributed by atoms with E-state index in [0.29, 0.717) is 18.4 Å². The minimum atomic E-state index is -1.38. The van der Waals surface area contributed by atoms with Gasteiger partial charge >= 0.3 is 12.2 Å². The van der Waals surface area contributed by atoms with Crippen LogP contribution in [0.5, 0.6) is 0 Å². The number of carbonyl (C=O) groups excluding carboxylic acids is 3. The molecular weight excluding hydrogens is 452 g/mol. The van der Waals surface area contributed by atoms with Gasteiger partial charge in [0, 0.05) is 10.9 Å². The zero-order chi connectivity index (χ0) is 22.7. The second-order valence-electron chi connectivity index (χ2n) is 9.43. The molecule has 1 saturated carbocycles. The van der Waals surface area contributed by atoms with Crippen molar-refractivity contribution in [3.63, 3.8) is 0 Å². The first kappa shape index (κ1) is 24.2. The molecule has 0 heterocycles. The fourth-order valence-electron chi connectivity index (χ4n) is 3.41. The van der Waals surface area contributed by atoms with Crippen LogP contribution in [0.15, 0.2) is 28.7 Å². The molecule has 0 radical (unpaired) electrons. The van der Waals surface area contributed by atoms with Gasteiger partial charge in [-0.05, 0) is 78.5 Å². The lowest BCUT2D eigenvalue weighted by molar-refractivity contribution is -0.137. The van der Waals surface area contributed by atoms with Crippen molar-refractivity contribution in [1.82, 2.24) is 10.4 Å². The molecule has 1 aliphatic carbocycles. The van der Waals surface area contributed by atoms with Crippen molar-refractivity contribution >= 4 is 33.9 Å². The molecule has 8 heteroatoms. The normalized spacial score (nSPS) is 19.8. The molecule has 1 aromatic carbocycles. The number of nitrogens with one attached hydrogen (secondary N) is 1. The summed E-state index contributed by atoms with van der Waals surface area (Å²) in [6, 6.07) is 7.17. The lowest BCUT2D eigenvalue weighted by atomic mass is 9.75. The van der Waals surface area contributed by atoms with E-state index < -0.39 is 28.9 Å². The van der Waals surface area contributed by atoms with Crippen LogP contribution >= 0.6 is 15.9 Å². The molecule has 1 unspecified atom stereocenters. The number of hydrogen-bond donors (Lipinski definition) is 1. The summed E-state index contributed by atoms with van der Waals surface area (Å²) in [5, 5.41) is 1.02. The highest BCUT2D eigenvalue weighted by Crippen LogP contribution is 2.40. The average molecular weight is 483 g/mol. The van der Waals surface area contributed by atoms with Crippen LogP contribution < -0.4 is 5.43 Å². The minimum absolute atomic E-state index is 0.155. The number of ether oxygens (including phenoxy) is 2. The fourth-order valence-corrected chi connectivity index (χ4v) is 3.67. The van der Waals surface area contributed by atoms with Gasteiger partial charge in [0.05, 0.1) is 0 Å². The first-order valence-electron chi connectivity index (χ1n) is 10.1. The van der Waals surface area contributed by atoms with E-state index in [0.717, 1.165) is 22.3 Å². The molecule has 0 aliphatic heterocycles. The predicted molar refractivity (Wildman–Crippen MR) is 117 cm³/mol. The van der Waals surface area contributed by atoms with E-state index in [4.69, 9.17) is 9.47 Å². The van der Waals surface area contributed by atoms with Crippen molar-refractivity contribution < 1.29 is 23.9 Å². The number of nitrogens with zero attached hydrogens (tertiary/aromatic N) is 1. The van der Waals surface area contributed by atoms with Gasteiger partial charge in [0.25, 0.3) is 0 Å². The Labute approximate surface area is 186 Å². The molecule has 1 atom stereocenters. The zero-order valence-electron chi connectivity index (χ0n) is 18.5. The highest BCUT2D eigenvalue weighted by atomic mass is 79.9. The lowest BCUT2D eigenvalue weighted by Gasteiger charge is -2.44.